The quantitative estimate of drug-likeness (QED) is 0.193. The maximum atomic E-state index is 5.37. The molecular formula is C44H30N2S. The lowest BCUT2D eigenvalue weighted by Gasteiger charge is -2.22. The van der Waals surface area contributed by atoms with Gasteiger partial charge in [-0.1, -0.05) is 123 Å². The minimum Gasteiger partial charge on any atom is -0.294 e. The highest BCUT2D eigenvalue weighted by Crippen LogP contribution is 2.55. The van der Waals surface area contributed by atoms with Crippen molar-refractivity contribution in [2.45, 2.75) is 19.3 Å². The van der Waals surface area contributed by atoms with E-state index in [-0.39, 0.29) is 5.41 Å². The second kappa shape index (κ2) is 9.75. The maximum Gasteiger partial charge on any atom is 0.138 e. The lowest BCUT2D eigenvalue weighted by Crippen LogP contribution is -2.15. The minimum atomic E-state index is -0.140. The number of rotatable bonds is 3. The molecule has 0 saturated heterocycles. The molecule has 3 aromatic heterocycles. The highest BCUT2D eigenvalue weighted by Gasteiger charge is 2.38. The zero-order valence-corrected chi connectivity index (χ0v) is 27.0. The van der Waals surface area contributed by atoms with Gasteiger partial charge < -0.3 is 0 Å². The summed E-state index contributed by atoms with van der Waals surface area (Å²) in [6.07, 6.45) is 0. The number of fused-ring (bicyclic) bond motifs is 10. The Balaban J connectivity index is 1.29. The van der Waals surface area contributed by atoms with Crippen molar-refractivity contribution in [2.75, 3.05) is 0 Å². The van der Waals surface area contributed by atoms with Crippen LogP contribution in [0.5, 0.6) is 0 Å². The normalized spacial score (nSPS) is 13.5. The molecule has 0 atom stereocenters. The molecule has 0 bridgehead atoms. The van der Waals surface area contributed by atoms with Gasteiger partial charge in [0.1, 0.15) is 5.82 Å². The van der Waals surface area contributed by atoms with Crippen LogP contribution in [-0.4, -0.2) is 9.55 Å². The third-order valence-corrected chi connectivity index (χ3v) is 11.4. The topological polar surface area (TPSA) is 17.8 Å². The molecule has 3 heteroatoms. The monoisotopic (exact) mass is 618 g/mol. The Kier molecular flexibility index (Phi) is 5.53. The van der Waals surface area contributed by atoms with Gasteiger partial charge in [0.25, 0.3) is 0 Å². The van der Waals surface area contributed by atoms with Crippen molar-refractivity contribution in [1.29, 1.82) is 0 Å². The molecule has 0 radical (unpaired) electrons. The van der Waals surface area contributed by atoms with Crippen molar-refractivity contribution in [3.63, 3.8) is 0 Å². The van der Waals surface area contributed by atoms with E-state index in [1.54, 1.807) is 0 Å². The summed E-state index contributed by atoms with van der Waals surface area (Å²) in [7, 11) is 0. The van der Waals surface area contributed by atoms with E-state index in [1.807, 2.05) is 11.3 Å². The Bertz CT molecular complexity index is 2640. The first-order valence-corrected chi connectivity index (χ1v) is 17.0. The second-order valence-electron chi connectivity index (χ2n) is 13.2. The minimum absolute atomic E-state index is 0.140. The fourth-order valence-electron chi connectivity index (χ4n) is 7.89. The molecule has 0 aliphatic heterocycles. The summed E-state index contributed by atoms with van der Waals surface area (Å²) in [5, 5.41) is 5.20. The number of hydrogen-bond donors (Lipinski definition) is 0. The summed E-state index contributed by atoms with van der Waals surface area (Å²) in [6.45, 7) is 4.77. The van der Waals surface area contributed by atoms with Crippen LogP contribution in [-0.2, 0) is 5.41 Å². The fourth-order valence-corrected chi connectivity index (χ4v) is 9.16. The van der Waals surface area contributed by atoms with E-state index in [1.165, 1.54) is 69.8 Å². The van der Waals surface area contributed by atoms with Gasteiger partial charge in [0, 0.05) is 47.5 Å². The van der Waals surface area contributed by atoms with E-state index in [4.69, 9.17) is 4.98 Å². The first-order valence-electron chi connectivity index (χ1n) is 16.2. The number of pyridine rings is 1. The molecule has 0 saturated carbocycles. The summed E-state index contributed by atoms with van der Waals surface area (Å²) in [4.78, 5) is 5.37. The Morgan fingerprint density at radius 1 is 0.532 bits per heavy atom. The third-order valence-electron chi connectivity index (χ3n) is 10.2. The van der Waals surface area contributed by atoms with Crippen molar-refractivity contribution in [3.8, 4) is 39.3 Å². The van der Waals surface area contributed by atoms with Crippen LogP contribution >= 0.6 is 11.3 Å². The van der Waals surface area contributed by atoms with E-state index in [9.17, 15) is 0 Å². The third kappa shape index (κ3) is 3.81. The SMILES string of the molecule is CC1(C)c2cc3c(cc2-c2c1ccc1c2sc2ccccc21)c1ccccc1n3-c1cc(-c2ccccc2)cc(-c2ccccc2)n1. The van der Waals surface area contributed by atoms with Crippen LogP contribution in [0.2, 0.25) is 0 Å². The molecule has 1 aliphatic carbocycles. The van der Waals surface area contributed by atoms with Crippen LogP contribution in [0.1, 0.15) is 25.0 Å². The molecule has 0 fully saturated rings. The number of nitrogens with zero attached hydrogens (tertiary/aromatic N) is 2. The Morgan fingerprint density at radius 3 is 2.04 bits per heavy atom. The summed E-state index contributed by atoms with van der Waals surface area (Å²) in [6, 6.07) is 52.9. The lowest BCUT2D eigenvalue weighted by molar-refractivity contribution is 0.661. The van der Waals surface area contributed by atoms with Gasteiger partial charge in [0.05, 0.1) is 16.7 Å². The standard InChI is InChI=1S/C44H30N2S/c1-44(2)35-22-21-32-31-18-10-12-20-40(31)47-43(32)42(35)34-25-33-30-17-9-11-19-38(30)46(39(33)26-36(34)44)41-24-29(27-13-5-3-6-14-27)23-37(45-41)28-15-7-4-8-16-28/h3-26H,1-2H3. The van der Waals surface area contributed by atoms with E-state index in [0.717, 1.165) is 22.6 Å². The smallest absolute Gasteiger partial charge is 0.138 e. The summed E-state index contributed by atoms with van der Waals surface area (Å²) < 4.78 is 5.12. The van der Waals surface area contributed by atoms with Gasteiger partial charge in [-0.15, -0.1) is 11.3 Å². The molecule has 222 valence electrons. The van der Waals surface area contributed by atoms with Crippen LogP contribution in [0.3, 0.4) is 0 Å². The second-order valence-corrected chi connectivity index (χ2v) is 14.2. The number of benzene rings is 6. The van der Waals surface area contributed by atoms with Gasteiger partial charge in [-0.3, -0.25) is 4.57 Å². The van der Waals surface area contributed by atoms with Gasteiger partial charge in [-0.25, -0.2) is 4.98 Å². The van der Waals surface area contributed by atoms with Crippen LogP contribution in [0, 0.1) is 0 Å². The maximum absolute atomic E-state index is 5.37. The predicted octanol–water partition coefficient (Wildman–Crippen LogP) is 12.2. The number of hydrogen-bond acceptors (Lipinski definition) is 2. The summed E-state index contributed by atoms with van der Waals surface area (Å²) >= 11 is 1.93. The first kappa shape index (κ1) is 26.7. The molecule has 9 aromatic rings. The van der Waals surface area contributed by atoms with Gasteiger partial charge >= 0.3 is 0 Å². The van der Waals surface area contributed by atoms with E-state index in [2.05, 4.69) is 164 Å². The van der Waals surface area contributed by atoms with Crippen LogP contribution in [0.4, 0.5) is 0 Å². The lowest BCUT2D eigenvalue weighted by atomic mass is 9.82. The largest absolute Gasteiger partial charge is 0.294 e. The van der Waals surface area contributed by atoms with Gasteiger partial charge in [0.15, 0.2) is 0 Å². The molecule has 0 amide bonds. The summed E-state index contributed by atoms with van der Waals surface area (Å²) in [5.41, 5.74) is 12.2. The van der Waals surface area contributed by atoms with Crippen molar-refractivity contribution in [3.05, 3.63) is 157 Å². The predicted molar refractivity (Wildman–Crippen MR) is 200 cm³/mol. The van der Waals surface area contributed by atoms with Crippen molar-refractivity contribution < 1.29 is 0 Å². The molecule has 0 unspecified atom stereocenters. The Morgan fingerprint density at radius 2 is 1.23 bits per heavy atom. The fraction of sp³-hybridized carbons (Fsp3) is 0.0682. The number of para-hydroxylation sites is 1. The average Bonchev–Trinajstić information content (AvgIpc) is 3.73. The molecule has 47 heavy (non-hydrogen) atoms. The van der Waals surface area contributed by atoms with Crippen molar-refractivity contribution in [2.24, 2.45) is 0 Å². The molecule has 0 spiro atoms. The zero-order chi connectivity index (χ0) is 31.3. The molecule has 0 N–H and O–H groups in total. The highest BCUT2D eigenvalue weighted by molar-refractivity contribution is 7.26. The molecule has 6 aromatic carbocycles. The van der Waals surface area contributed by atoms with E-state index < -0.39 is 0 Å². The average molecular weight is 619 g/mol. The van der Waals surface area contributed by atoms with Crippen molar-refractivity contribution in [1.82, 2.24) is 9.55 Å². The first-order chi connectivity index (χ1) is 23.1. The van der Waals surface area contributed by atoms with Crippen LogP contribution in [0.25, 0.3) is 81.3 Å². The van der Waals surface area contributed by atoms with Crippen molar-refractivity contribution >= 4 is 53.3 Å². The molecule has 3 heterocycles. The molecular weight excluding hydrogens is 589 g/mol. The molecule has 10 rings (SSSR count). The van der Waals surface area contributed by atoms with E-state index in [0.29, 0.717) is 0 Å². The van der Waals surface area contributed by atoms with Crippen LogP contribution in [0.15, 0.2) is 146 Å². The Labute approximate surface area is 277 Å². The summed E-state index contributed by atoms with van der Waals surface area (Å²) in [5.74, 6) is 0.927. The van der Waals surface area contributed by atoms with E-state index >= 15 is 0 Å². The van der Waals surface area contributed by atoms with Gasteiger partial charge in [-0.05, 0) is 64.2 Å². The van der Waals surface area contributed by atoms with Crippen LogP contribution < -0.4 is 0 Å². The number of thiophene rings is 1. The molecule has 1 aliphatic rings. The van der Waals surface area contributed by atoms with Gasteiger partial charge in [0.2, 0.25) is 0 Å². The molecule has 2 nitrogen and oxygen atoms in total. The zero-order valence-electron chi connectivity index (χ0n) is 26.2. The Hall–Kier alpha value is -5.51. The highest BCUT2D eigenvalue weighted by atomic mass is 32.1. The number of aromatic nitrogens is 2. The van der Waals surface area contributed by atoms with Gasteiger partial charge in [-0.2, -0.15) is 0 Å².